The Balaban J connectivity index is 2.22. The van der Waals surface area contributed by atoms with Crippen molar-refractivity contribution in [3.8, 4) is 0 Å². The van der Waals surface area contributed by atoms with Gasteiger partial charge in [0.2, 0.25) is 0 Å². The predicted octanol–water partition coefficient (Wildman–Crippen LogP) is 3.15. The summed E-state index contributed by atoms with van der Waals surface area (Å²) >= 11 is 1.65. The fraction of sp³-hybridized carbons (Fsp3) is 0.222. The maximum absolute atomic E-state index is 8.13. The highest BCUT2D eigenvalue weighted by Gasteiger charge is 2.01. The van der Waals surface area contributed by atoms with E-state index in [1.165, 1.54) is 4.70 Å². The summed E-state index contributed by atoms with van der Waals surface area (Å²) in [5.74, 6) is 0. The van der Waals surface area contributed by atoms with Crippen LogP contribution >= 0.6 is 11.3 Å². The first-order valence-electron chi connectivity index (χ1n) is 4.25. The number of azide groups is 1. The minimum absolute atomic E-state index is 0.482. The van der Waals surface area contributed by atoms with Gasteiger partial charge in [0.15, 0.2) is 0 Å². The van der Waals surface area contributed by atoms with Crippen LogP contribution in [0.15, 0.2) is 29.4 Å². The monoisotopic (exact) mass is 204 g/mol. The summed E-state index contributed by atoms with van der Waals surface area (Å²) in [5, 5.41) is 4.51. The first-order chi connectivity index (χ1) is 6.90. The Hall–Kier alpha value is -1.58. The summed E-state index contributed by atoms with van der Waals surface area (Å²) < 4.78 is 1.18. The van der Waals surface area contributed by atoms with E-state index < -0.39 is 0 Å². The molecule has 70 valence electrons. The molecule has 0 aliphatic heterocycles. The van der Waals surface area contributed by atoms with Crippen LogP contribution in [0.2, 0.25) is 0 Å². The second kappa shape index (κ2) is 4.09. The molecule has 0 saturated heterocycles. The van der Waals surface area contributed by atoms with E-state index in [9.17, 15) is 0 Å². The van der Waals surface area contributed by atoms with E-state index >= 15 is 0 Å². The highest BCUT2D eigenvalue weighted by molar-refractivity contribution is 7.18. The van der Waals surface area contributed by atoms with Crippen LogP contribution in [0.5, 0.6) is 0 Å². The van der Waals surface area contributed by atoms with Crippen LogP contribution < -0.4 is 0 Å². The van der Waals surface area contributed by atoms with Crippen molar-refractivity contribution in [3.63, 3.8) is 0 Å². The van der Waals surface area contributed by atoms with Gasteiger partial charge in [0.25, 0.3) is 0 Å². The lowest BCUT2D eigenvalue weighted by atomic mass is 10.3. The number of hydrogen-bond acceptors (Lipinski definition) is 3. The van der Waals surface area contributed by atoms with E-state index in [1.807, 2.05) is 24.3 Å². The van der Waals surface area contributed by atoms with Crippen LogP contribution in [0.4, 0.5) is 0 Å². The molecule has 0 N–H and O–H groups in total. The topological polar surface area (TPSA) is 61.7 Å². The second-order valence-corrected chi connectivity index (χ2v) is 3.89. The Morgan fingerprint density at radius 3 is 3.07 bits per heavy atom. The molecule has 2 aromatic rings. The average molecular weight is 204 g/mol. The van der Waals surface area contributed by atoms with Crippen molar-refractivity contribution in [1.82, 2.24) is 4.98 Å². The van der Waals surface area contributed by atoms with E-state index in [1.54, 1.807) is 11.3 Å². The van der Waals surface area contributed by atoms with Gasteiger partial charge in [-0.3, -0.25) is 0 Å². The minimum Gasteiger partial charge on any atom is -0.241 e. The standard InChI is InChI=1S/C9H8N4S/c10-13-11-6-5-9-12-7-3-1-2-4-8(7)14-9/h1-4H,5-6H2. The fourth-order valence-corrected chi connectivity index (χ4v) is 2.17. The SMILES string of the molecule is [N-]=[N+]=NCCc1nc2ccccc2s1. The Bertz CT molecular complexity index is 451. The normalized spacial score (nSPS) is 10.0. The van der Waals surface area contributed by atoms with Crippen LogP contribution in [-0.2, 0) is 6.42 Å². The summed E-state index contributed by atoms with van der Waals surface area (Å²) in [4.78, 5) is 7.13. The Morgan fingerprint density at radius 1 is 1.43 bits per heavy atom. The van der Waals surface area contributed by atoms with Crippen LogP contribution in [0, 0.1) is 0 Å². The lowest BCUT2D eigenvalue weighted by Crippen LogP contribution is -1.85. The van der Waals surface area contributed by atoms with E-state index in [0.29, 0.717) is 6.54 Å². The summed E-state index contributed by atoms with van der Waals surface area (Å²) in [6, 6.07) is 8.00. The maximum Gasteiger partial charge on any atom is 0.0939 e. The summed E-state index contributed by atoms with van der Waals surface area (Å²) in [6.07, 6.45) is 0.726. The van der Waals surface area contributed by atoms with Gasteiger partial charge in [-0.05, 0) is 17.7 Å². The van der Waals surface area contributed by atoms with Gasteiger partial charge in [-0.25, -0.2) is 4.98 Å². The molecule has 1 aromatic heterocycles. The zero-order valence-corrected chi connectivity index (χ0v) is 8.24. The molecule has 0 aliphatic carbocycles. The molecule has 5 heteroatoms. The second-order valence-electron chi connectivity index (χ2n) is 2.78. The number of thiazole rings is 1. The lowest BCUT2D eigenvalue weighted by molar-refractivity contribution is 0.946. The van der Waals surface area contributed by atoms with Gasteiger partial charge < -0.3 is 0 Å². The van der Waals surface area contributed by atoms with Crippen molar-refractivity contribution >= 4 is 21.6 Å². The molecule has 0 unspecified atom stereocenters. The number of para-hydroxylation sites is 1. The molecule has 0 amide bonds. The van der Waals surface area contributed by atoms with Crippen molar-refractivity contribution in [2.24, 2.45) is 5.11 Å². The third-order valence-corrected chi connectivity index (χ3v) is 2.92. The molecule has 0 spiro atoms. The predicted molar refractivity (Wildman–Crippen MR) is 57.3 cm³/mol. The molecular formula is C9H8N4S. The number of nitrogens with zero attached hydrogens (tertiary/aromatic N) is 4. The highest BCUT2D eigenvalue weighted by atomic mass is 32.1. The first kappa shape index (κ1) is 8.99. The van der Waals surface area contributed by atoms with Gasteiger partial charge in [-0.15, -0.1) is 11.3 Å². The van der Waals surface area contributed by atoms with Crippen molar-refractivity contribution in [2.75, 3.05) is 6.54 Å². The van der Waals surface area contributed by atoms with Gasteiger partial charge in [0.05, 0.1) is 15.2 Å². The van der Waals surface area contributed by atoms with E-state index in [2.05, 4.69) is 15.0 Å². The summed E-state index contributed by atoms with van der Waals surface area (Å²) in [5.41, 5.74) is 9.15. The van der Waals surface area contributed by atoms with Crippen LogP contribution in [-0.4, -0.2) is 11.5 Å². The molecule has 0 radical (unpaired) electrons. The van der Waals surface area contributed by atoms with Gasteiger partial charge in [0.1, 0.15) is 0 Å². The van der Waals surface area contributed by atoms with Crippen LogP contribution in [0.1, 0.15) is 5.01 Å². The molecule has 0 aliphatic rings. The molecular weight excluding hydrogens is 196 g/mol. The Labute approximate surface area is 84.8 Å². The summed E-state index contributed by atoms with van der Waals surface area (Å²) in [7, 11) is 0. The zero-order chi connectivity index (χ0) is 9.80. The van der Waals surface area contributed by atoms with E-state index in [0.717, 1.165) is 16.9 Å². The molecule has 0 atom stereocenters. The lowest BCUT2D eigenvalue weighted by Gasteiger charge is -1.85. The number of fused-ring (bicyclic) bond motifs is 1. The third kappa shape index (κ3) is 1.84. The van der Waals surface area contributed by atoms with Crippen molar-refractivity contribution in [3.05, 3.63) is 39.7 Å². The molecule has 1 heterocycles. The molecule has 0 fully saturated rings. The fourth-order valence-electron chi connectivity index (χ4n) is 1.22. The van der Waals surface area contributed by atoms with Crippen LogP contribution in [0.25, 0.3) is 20.7 Å². The number of hydrogen-bond donors (Lipinski definition) is 0. The first-order valence-corrected chi connectivity index (χ1v) is 5.07. The van der Waals surface area contributed by atoms with Gasteiger partial charge in [-0.2, -0.15) is 0 Å². The van der Waals surface area contributed by atoms with Crippen molar-refractivity contribution < 1.29 is 0 Å². The third-order valence-electron chi connectivity index (χ3n) is 1.83. The number of benzene rings is 1. The Morgan fingerprint density at radius 2 is 2.29 bits per heavy atom. The molecule has 0 bridgehead atoms. The maximum atomic E-state index is 8.13. The quantitative estimate of drug-likeness (QED) is 0.430. The molecule has 0 saturated carbocycles. The largest absolute Gasteiger partial charge is 0.241 e. The molecule has 14 heavy (non-hydrogen) atoms. The summed E-state index contributed by atoms with van der Waals surface area (Å²) in [6.45, 7) is 0.482. The molecule has 2 rings (SSSR count). The van der Waals surface area contributed by atoms with Gasteiger partial charge >= 0.3 is 0 Å². The smallest absolute Gasteiger partial charge is 0.0939 e. The molecule has 4 nitrogen and oxygen atoms in total. The van der Waals surface area contributed by atoms with Gasteiger partial charge in [0, 0.05) is 17.9 Å². The van der Waals surface area contributed by atoms with Crippen LogP contribution in [0.3, 0.4) is 0 Å². The zero-order valence-electron chi connectivity index (χ0n) is 7.42. The highest BCUT2D eigenvalue weighted by Crippen LogP contribution is 2.21. The van der Waals surface area contributed by atoms with Crippen molar-refractivity contribution in [2.45, 2.75) is 6.42 Å². The van der Waals surface area contributed by atoms with E-state index in [-0.39, 0.29) is 0 Å². The Kier molecular flexibility index (Phi) is 2.62. The van der Waals surface area contributed by atoms with Gasteiger partial charge in [-0.1, -0.05) is 17.2 Å². The molecule has 1 aromatic carbocycles. The number of aromatic nitrogens is 1. The minimum atomic E-state index is 0.482. The van der Waals surface area contributed by atoms with Crippen molar-refractivity contribution in [1.29, 1.82) is 0 Å². The average Bonchev–Trinajstić information content (AvgIpc) is 2.60. The van der Waals surface area contributed by atoms with E-state index in [4.69, 9.17) is 5.53 Å². The number of rotatable bonds is 3.